The Morgan fingerprint density at radius 1 is 1.21 bits per heavy atom. The average molecular weight is 495 g/mol. The fourth-order valence-electron chi connectivity index (χ4n) is 3.85. The number of pyridine rings is 1. The maximum atomic E-state index is 13.5. The molecule has 1 saturated heterocycles. The second-order valence-electron chi connectivity index (χ2n) is 8.13. The molecule has 176 valence electrons. The van der Waals surface area contributed by atoms with Crippen molar-refractivity contribution in [3.63, 3.8) is 0 Å². The van der Waals surface area contributed by atoms with E-state index in [4.69, 9.17) is 12.2 Å². The first kappa shape index (κ1) is 24.1. The number of aromatic nitrogens is 2. The van der Waals surface area contributed by atoms with Crippen molar-refractivity contribution in [2.24, 2.45) is 0 Å². The molecule has 2 aromatic heterocycles. The normalized spacial score (nSPS) is 16.9. The maximum Gasteiger partial charge on any atom is 0.267 e. The highest BCUT2D eigenvalue weighted by molar-refractivity contribution is 8.26. The molecule has 0 bridgehead atoms. The van der Waals surface area contributed by atoms with Crippen LogP contribution in [0.4, 0.5) is 5.82 Å². The molecule has 0 aliphatic carbocycles. The topological polar surface area (TPSA) is 86.9 Å². The summed E-state index contributed by atoms with van der Waals surface area (Å²) in [5.41, 5.74) is 2.28. The molecule has 9 heteroatoms. The van der Waals surface area contributed by atoms with Gasteiger partial charge in [0.15, 0.2) is 0 Å². The molecule has 1 aliphatic rings. The van der Waals surface area contributed by atoms with Gasteiger partial charge in [-0.3, -0.25) is 18.9 Å². The minimum atomic E-state index is -0.301. The van der Waals surface area contributed by atoms with Gasteiger partial charge in [0.05, 0.1) is 29.2 Å². The van der Waals surface area contributed by atoms with Gasteiger partial charge < -0.3 is 10.4 Å². The van der Waals surface area contributed by atoms with Crippen LogP contribution in [0, 0.1) is 6.92 Å². The van der Waals surface area contributed by atoms with Crippen molar-refractivity contribution in [2.75, 3.05) is 11.9 Å². The number of hydrogen-bond acceptors (Lipinski definition) is 7. The summed E-state index contributed by atoms with van der Waals surface area (Å²) in [5, 5.41) is 12.9. The molecule has 1 amide bonds. The fourth-order valence-corrected chi connectivity index (χ4v) is 5.25. The van der Waals surface area contributed by atoms with Gasteiger partial charge >= 0.3 is 0 Å². The Morgan fingerprint density at radius 3 is 2.62 bits per heavy atom. The molecule has 3 heterocycles. The van der Waals surface area contributed by atoms with Crippen molar-refractivity contribution >= 4 is 51.7 Å². The minimum absolute atomic E-state index is 0.110. The van der Waals surface area contributed by atoms with Crippen LogP contribution >= 0.6 is 24.0 Å². The summed E-state index contributed by atoms with van der Waals surface area (Å²) in [6.45, 7) is 5.63. The lowest BCUT2D eigenvalue weighted by Crippen LogP contribution is -2.31. The van der Waals surface area contributed by atoms with Crippen LogP contribution in [0.1, 0.15) is 43.0 Å². The van der Waals surface area contributed by atoms with E-state index in [0.29, 0.717) is 27.1 Å². The number of aliphatic hydroxyl groups excluding tert-OH is 1. The first-order valence-corrected chi connectivity index (χ1v) is 12.3. The molecule has 3 aromatic rings. The zero-order valence-corrected chi connectivity index (χ0v) is 20.8. The first-order valence-electron chi connectivity index (χ1n) is 11.1. The van der Waals surface area contributed by atoms with Crippen LogP contribution in [0.25, 0.3) is 11.7 Å². The van der Waals surface area contributed by atoms with E-state index in [0.717, 1.165) is 11.1 Å². The Hall–Kier alpha value is -3.01. The van der Waals surface area contributed by atoms with E-state index in [-0.39, 0.29) is 35.7 Å². The number of rotatable bonds is 7. The van der Waals surface area contributed by atoms with Gasteiger partial charge in [-0.05, 0) is 43.5 Å². The van der Waals surface area contributed by atoms with Crippen LogP contribution < -0.4 is 10.9 Å². The predicted molar refractivity (Wildman–Crippen MR) is 141 cm³/mol. The molecule has 7 nitrogen and oxygen atoms in total. The minimum Gasteiger partial charge on any atom is -0.394 e. The zero-order valence-electron chi connectivity index (χ0n) is 19.2. The number of nitrogens with zero attached hydrogens (tertiary/aromatic N) is 3. The van der Waals surface area contributed by atoms with Gasteiger partial charge in [0.25, 0.3) is 11.5 Å². The molecule has 1 aromatic carbocycles. The lowest BCUT2D eigenvalue weighted by Gasteiger charge is -2.23. The van der Waals surface area contributed by atoms with Crippen LogP contribution in [-0.2, 0) is 4.79 Å². The summed E-state index contributed by atoms with van der Waals surface area (Å²) >= 11 is 6.71. The maximum absolute atomic E-state index is 13.5. The molecule has 34 heavy (non-hydrogen) atoms. The van der Waals surface area contributed by atoms with Gasteiger partial charge in [0.1, 0.15) is 15.8 Å². The molecular formula is C25H26N4O3S2. The molecule has 4 rings (SSSR count). The number of anilines is 1. The third-order valence-corrected chi connectivity index (χ3v) is 7.24. The van der Waals surface area contributed by atoms with E-state index in [9.17, 15) is 14.7 Å². The highest BCUT2D eigenvalue weighted by Crippen LogP contribution is 2.38. The fraction of sp³-hybridized carbons (Fsp3) is 0.280. The number of thioether (sulfide) groups is 1. The van der Waals surface area contributed by atoms with Crippen molar-refractivity contribution in [3.05, 3.63) is 80.6 Å². The Bertz CT molecular complexity index is 1330. The van der Waals surface area contributed by atoms with Gasteiger partial charge in [0, 0.05) is 6.20 Å². The van der Waals surface area contributed by atoms with Crippen molar-refractivity contribution in [1.29, 1.82) is 0 Å². The SMILES string of the molecule is CCC(CO)Nc1nc2c(C)cccn2c(=O)c1/C=C1\SC(=S)N(C(C)c2ccccc2)C1=O. The summed E-state index contributed by atoms with van der Waals surface area (Å²) in [4.78, 5) is 33.5. The van der Waals surface area contributed by atoms with Crippen LogP contribution in [0.5, 0.6) is 0 Å². The summed E-state index contributed by atoms with van der Waals surface area (Å²) < 4.78 is 1.91. The molecule has 2 atom stereocenters. The van der Waals surface area contributed by atoms with Crippen LogP contribution in [0.2, 0.25) is 0 Å². The molecule has 2 N–H and O–H groups in total. The number of aliphatic hydroxyl groups is 1. The Balaban J connectivity index is 1.80. The summed E-state index contributed by atoms with van der Waals surface area (Å²) in [5.74, 6) is 0.0850. The van der Waals surface area contributed by atoms with E-state index < -0.39 is 0 Å². The Morgan fingerprint density at radius 2 is 1.94 bits per heavy atom. The van der Waals surface area contributed by atoms with Gasteiger partial charge in [-0.2, -0.15) is 0 Å². The van der Waals surface area contributed by atoms with Gasteiger partial charge in [0.2, 0.25) is 0 Å². The number of aryl methyl sites for hydroxylation is 1. The number of nitrogens with one attached hydrogen (secondary N) is 1. The van der Waals surface area contributed by atoms with E-state index in [1.165, 1.54) is 16.2 Å². The molecule has 1 aliphatic heterocycles. The Kier molecular flexibility index (Phi) is 7.16. The van der Waals surface area contributed by atoms with Crippen molar-refractivity contribution in [2.45, 2.75) is 39.3 Å². The van der Waals surface area contributed by atoms with Crippen LogP contribution in [0.3, 0.4) is 0 Å². The second kappa shape index (κ2) is 10.1. The summed E-state index contributed by atoms with van der Waals surface area (Å²) in [6, 6.07) is 12.8. The second-order valence-corrected chi connectivity index (χ2v) is 9.81. The van der Waals surface area contributed by atoms with E-state index in [1.54, 1.807) is 23.2 Å². The predicted octanol–water partition coefficient (Wildman–Crippen LogP) is 4.15. The smallest absolute Gasteiger partial charge is 0.267 e. The summed E-state index contributed by atoms with van der Waals surface area (Å²) in [7, 11) is 0. The van der Waals surface area contributed by atoms with E-state index in [2.05, 4.69) is 10.3 Å². The van der Waals surface area contributed by atoms with Gasteiger partial charge in [-0.25, -0.2) is 4.98 Å². The quantitative estimate of drug-likeness (QED) is 0.377. The first-order chi connectivity index (χ1) is 16.3. The number of hydrogen-bond donors (Lipinski definition) is 2. The lowest BCUT2D eigenvalue weighted by molar-refractivity contribution is -0.123. The number of carbonyl (C=O) groups is 1. The average Bonchev–Trinajstić information content (AvgIpc) is 3.12. The zero-order chi connectivity index (χ0) is 24.4. The molecule has 0 saturated carbocycles. The molecule has 2 unspecified atom stereocenters. The monoisotopic (exact) mass is 494 g/mol. The lowest BCUT2D eigenvalue weighted by atomic mass is 10.1. The molecule has 1 fully saturated rings. The largest absolute Gasteiger partial charge is 0.394 e. The van der Waals surface area contributed by atoms with Crippen LogP contribution in [-0.4, -0.2) is 42.3 Å². The third-order valence-electron chi connectivity index (χ3n) is 5.91. The Labute approximate surface area is 207 Å². The third kappa shape index (κ3) is 4.51. The number of carbonyl (C=O) groups excluding carboxylic acids is 1. The number of thiocarbonyl (C=S) groups is 1. The highest BCUT2D eigenvalue weighted by Gasteiger charge is 2.36. The van der Waals surface area contributed by atoms with Gasteiger partial charge in [-0.1, -0.05) is 67.3 Å². The molecular weight excluding hydrogens is 468 g/mol. The van der Waals surface area contributed by atoms with Crippen molar-refractivity contribution < 1.29 is 9.90 Å². The van der Waals surface area contributed by atoms with Gasteiger partial charge in [-0.15, -0.1) is 0 Å². The van der Waals surface area contributed by atoms with E-state index >= 15 is 0 Å². The standard InChI is InChI=1S/C25H26N4O3S2/c1-4-18(14-30)26-21-19(23(31)28-12-8-9-15(2)22(28)27-21)13-20-24(32)29(25(33)34-20)16(3)17-10-6-5-7-11-17/h5-13,16,18,26,30H,4,14H2,1-3H3/b20-13-. The molecule has 0 spiro atoms. The molecule has 0 radical (unpaired) electrons. The van der Waals surface area contributed by atoms with Crippen LogP contribution in [0.15, 0.2) is 58.4 Å². The summed E-state index contributed by atoms with van der Waals surface area (Å²) in [6.07, 6.45) is 3.86. The number of amides is 1. The van der Waals surface area contributed by atoms with E-state index in [1.807, 2.05) is 57.2 Å². The number of benzene rings is 1. The highest BCUT2D eigenvalue weighted by atomic mass is 32.2. The number of fused-ring (bicyclic) bond motifs is 1. The van der Waals surface area contributed by atoms with Crippen molar-refractivity contribution in [3.8, 4) is 0 Å². The van der Waals surface area contributed by atoms with Crippen molar-refractivity contribution in [1.82, 2.24) is 14.3 Å².